The minimum atomic E-state index is -2.36. The first kappa shape index (κ1) is 36.9. The molecule has 3 aliphatic carbocycles. The van der Waals surface area contributed by atoms with Gasteiger partial charge in [0, 0.05) is 63.9 Å². The lowest BCUT2D eigenvalue weighted by Gasteiger charge is -2.64. The molecule has 50 heavy (non-hydrogen) atoms. The summed E-state index contributed by atoms with van der Waals surface area (Å²) in [6.45, 7) is 13.3. The van der Waals surface area contributed by atoms with Crippen LogP contribution < -0.4 is 0 Å². The van der Waals surface area contributed by atoms with Crippen LogP contribution in [0.4, 0.5) is 0 Å². The number of ketones is 1. The molecule has 1 unspecified atom stereocenters. The highest BCUT2D eigenvalue weighted by Crippen LogP contribution is 2.67. The van der Waals surface area contributed by atoms with Gasteiger partial charge >= 0.3 is 29.8 Å². The molecule has 11 atom stereocenters. The molecule has 270 valence electrons. The second-order valence-electron chi connectivity index (χ2n) is 14.3. The van der Waals surface area contributed by atoms with Crippen molar-refractivity contribution >= 4 is 41.7 Å². The molecule has 0 amide bonds. The maximum atomic E-state index is 14.1. The lowest BCUT2D eigenvalue weighted by Crippen LogP contribution is -2.80. The van der Waals surface area contributed by atoms with E-state index < -0.39 is 100 Å². The van der Waals surface area contributed by atoms with E-state index in [0.29, 0.717) is 0 Å². The fraction of sp³-hybridized carbons (Fsp3) is 0.568. The van der Waals surface area contributed by atoms with Gasteiger partial charge in [-0.3, -0.25) is 24.0 Å². The minimum absolute atomic E-state index is 0.194. The molecule has 4 aliphatic rings. The van der Waals surface area contributed by atoms with Crippen molar-refractivity contribution in [3.63, 3.8) is 0 Å². The second kappa shape index (κ2) is 13.1. The van der Waals surface area contributed by atoms with E-state index in [9.17, 15) is 33.9 Å². The van der Waals surface area contributed by atoms with Gasteiger partial charge in [-0.05, 0) is 24.1 Å². The summed E-state index contributed by atoms with van der Waals surface area (Å²) < 4.78 is 35.9. The molecule has 5 rings (SSSR count). The fourth-order valence-corrected chi connectivity index (χ4v) is 8.98. The van der Waals surface area contributed by atoms with E-state index in [1.807, 2.05) is 6.07 Å². The fourth-order valence-electron chi connectivity index (χ4n) is 8.98. The van der Waals surface area contributed by atoms with Gasteiger partial charge in [0.15, 0.2) is 23.6 Å². The normalized spacial score (nSPS) is 39.0. The number of fused-ring (bicyclic) bond motifs is 1. The van der Waals surface area contributed by atoms with E-state index in [2.05, 4.69) is 6.58 Å². The monoisotopic (exact) mass is 696 g/mol. The van der Waals surface area contributed by atoms with Crippen LogP contribution in [0.25, 0.3) is 6.08 Å². The summed E-state index contributed by atoms with van der Waals surface area (Å²) in [5, 5.41) is 13.0. The molecule has 1 N–H and O–H groups in total. The summed E-state index contributed by atoms with van der Waals surface area (Å²) in [4.78, 5) is 78.9. The molecule has 4 fully saturated rings. The predicted octanol–water partition coefficient (Wildman–Crippen LogP) is 3.05. The van der Waals surface area contributed by atoms with E-state index in [-0.39, 0.29) is 25.0 Å². The number of aliphatic hydroxyl groups is 1. The van der Waals surface area contributed by atoms with Crippen molar-refractivity contribution in [2.45, 2.75) is 103 Å². The van der Waals surface area contributed by atoms with Crippen molar-refractivity contribution in [3.05, 3.63) is 54.1 Å². The van der Waals surface area contributed by atoms with Gasteiger partial charge in [-0.15, -0.1) is 0 Å². The summed E-state index contributed by atoms with van der Waals surface area (Å²) >= 11 is 0. The Bertz CT molecular complexity index is 1630. The number of carbonyl (C=O) groups is 6. The first-order valence-electron chi connectivity index (χ1n) is 16.5. The molecule has 1 aliphatic heterocycles. The molecular formula is C37H44O13. The van der Waals surface area contributed by atoms with E-state index in [4.69, 9.17) is 28.4 Å². The Morgan fingerprint density at radius 2 is 1.44 bits per heavy atom. The average molecular weight is 697 g/mol. The molecule has 0 aromatic heterocycles. The van der Waals surface area contributed by atoms with Crippen LogP contribution in [0.5, 0.6) is 0 Å². The lowest BCUT2D eigenvalue weighted by molar-refractivity contribution is -0.295. The topological polar surface area (TPSA) is 178 Å². The first-order chi connectivity index (χ1) is 23.3. The number of hydrogen-bond acceptors (Lipinski definition) is 13. The minimum Gasteiger partial charge on any atom is -0.462 e. The van der Waals surface area contributed by atoms with Crippen molar-refractivity contribution in [2.24, 2.45) is 22.7 Å². The SMILES string of the molecule is C=C1C2[C@H](OC(C)=O)[C@@H]3CC(=O)[C@@]4(C)OC[C@]3(C)[C@@]4(O)[C@@H](OC(C)=O)[C@H](OC(C)=O)[C@]2(C)[C@@H](OC(C)=O)C[C@@H]1OC(=O)C=Cc1ccccc1. The molecule has 0 spiro atoms. The molecule has 3 saturated carbocycles. The Hall–Kier alpha value is -4.36. The van der Waals surface area contributed by atoms with Crippen molar-refractivity contribution in [1.82, 2.24) is 0 Å². The zero-order chi connectivity index (χ0) is 37.0. The van der Waals surface area contributed by atoms with Gasteiger partial charge in [-0.25, -0.2) is 4.79 Å². The van der Waals surface area contributed by atoms with E-state index >= 15 is 0 Å². The highest BCUT2D eigenvalue weighted by atomic mass is 16.6. The van der Waals surface area contributed by atoms with Gasteiger partial charge in [-0.1, -0.05) is 50.8 Å². The Labute approximate surface area is 290 Å². The number of rotatable bonds is 7. The Kier molecular flexibility index (Phi) is 9.65. The Balaban J connectivity index is 1.76. The zero-order valence-electron chi connectivity index (χ0n) is 29.3. The van der Waals surface area contributed by atoms with E-state index in [1.165, 1.54) is 26.8 Å². The number of Topliss-reactive ketones (excluding diaryl/α,β-unsaturated/α-hetero) is 1. The van der Waals surface area contributed by atoms with Gasteiger partial charge in [0.2, 0.25) is 0 Å². The van der Waals surface area contributed by atoms with Gasteiger partial charge in [0.05, 0.1) is 12.0 Å². The van der Waals surface area contributed by atoms with Crippen LogP contribution in [-0.4, -0.2) is 89.1 Å². The molecule has 1 aromatic rings. The largest absolute Gasteiger partial charge is 0.462 e. The quantitative estimate of drug-likeness (QED) is 0.191. The Morgan fingerprint density at radius 3 is 2.02 bits per heavy atom. The number of benzene rings is 1. The summed E-state index contributed by atoms with van der Waals surface area (Å²) in [5.41, 5.74) is -6.51. The smallest absolute Gasteiger partial charge is 0.331 e. The van der Waals surface area contributed by atoms with Crippen LogP contribution in [-0.2, 0) is 57.2 Å². The predicted molar refractivity (Wildman–Crippen MR) is 173 cm³/mol. The third-order valence-corrected chi connectivity index (χ3v) is 11.3. The van der Waals surface area contributed by atoms with Gasteiger partial charge in [0.1, 0.15) is 23.9 Å². The highest BCUT2D eigenvalue weighted by molar-refractivity contribution is 5.91. The maximum absolute atomic E-state index is 14.1. The number of esters is 5. The van der Waals surface area contributed by atoms with Gasteiger partial charge in [-0.2, -0.15) is 0 Å². The number of ether oxygens (including phenoxy) is 6. The van der Waals surface area contributed by atoms with Gasteiger partial charge in [0.25, 0.3) is 0 Å². The third kappa shape index (κ3) is 5.73. The standard InChI is InChI=1S/C37H44O13/c1-19-26(50-29(43)15-14-24-12-10-9-11-13-24)17-28(46-20(2)38)35(7)30(19)31(47-21(3)39)25-16-27(42)36(8)37(44,34(25,6)18-45-36)33(49-23(5)41)32(35)48-22(4)40/h9-15,25-26,28,30-33,44H,1,16-18H2,2-8H3/t25-,26-,28-,30?,31+,32-,33-,34-,35+,36+,37-/m0/s1. The third-order valence-electron chi connectivity index (χ3n) is 11.3. The van der Waals surface area contributed by atoms with Crippen molar-refractivity contribution < 1.29 is 62.3 Å². The summed E-state index contributed by atoms with van der Waals surface area (Å²) in [6, 6.07) is 9.03. The molecule has 13 nitrogen and oxygen atoms in total. The molecule has 13 heteroatoms. The average Bonchev–Trinajstić information content (AvgIpc) is 3.17. The maximum Gasteiger partial charge on any atom is 0.331 e. The lowest BCUT2D eigenvalue weighted by atomic mass is 9.44. The van der Waals surface area contributed by atoms with Crippen molar-refractivity contribution in [3.8, 4) is 0 Å². The van der Waals surface area contributed by atoms with Crippen molar-refractivity contribution in [2.75, 3.05) is 6.61 Å². The molecule has 1 aromatic carbocycles. The first-order valence-corrected chi connectivity index (χ1v) is 16.5. The summed E-state index contributed by atoms with van der Waals surface area (Å²) in [7, 11) is 0. The second-order valence-corrected chi connectivity index (χ2v) is 14.3. The summed E-state index contributed by atoms with van der Waals surface area (Å²) in [5.74, 6) is -6.69. The molecule has 4 bridgehead atoms. The molecule has 1 heterocycles. The summed E-state index contributed by atoms with van der Waals surface area (Å²) in [6.07, 6.45) is -4.76. The number of hydrogen-bond donors (Lipinski definition) is 1. The Morgan fingerprint density at radius 1 is 0.860 bits per heavy atom. The van der Waals surface area contributed by atoms with E-state index in [1.54, 1.807) is 44.2 Å². The van der Waals surface area contributed by atoms with Crippen LogP contribution in [0.3, 0.4) is 0 Å². The van der Waals surface area contributed by atoms with E-state index in [0.717, 1.165) is 19.4 Å². The highest BCUT2D eigenvalue weighted by Gasteiger charge is 2.82. The van der Waals surface area contributed by atoms with Crippen LogP contribution in [0.15, 0.2) is 48.6 Å². The zero-order valence-corrected chi connectivity index (χ0v) is 29.3. The van der Waals surface area contributed by atoms with Crippen LogP contribution in [0.1, 0.15) is 66.9 Å². The number of carbonyl (C=O) groups excluding carboxylic acids is 6. The molecule has 0 radical (unpaired) electrons. The van der Waals surface area contributed by atoms with Crippen LogP contribution in [0, 0.1) is 22.7 Å². The molecule has 1 saturated heterocycles. The van der Waals surface area contributed by atoms with Crippen LogP contribution >= 0.6 is 0 Å². The molecular weight excluding hydrogens is 652 g/mol. The van der Waals surface area contributed by atoms with Crippen molar-refractivity contribution in [1.29, 1.82) is 0 Å². The van der Waals surface area contributed by atoms with Crippen LogP contribution in [0.2, 0.25) is 0 Å². The van der Waals surface area contributed by atoms with Gasteiger partial charge < -0.3 is 33.5 Å².